The molecule has 0 aliphatic rings. The lowest BCUT2D eigenvalue weighted by Gasteiger charge is -2.23. The van der Waals surface area contributed by atoms with Crippen LogP contribution in [0.3, 0.4) is 0 Å². The molecule has 0 saturated carbocycles. The minimum atomic E-state index is -3.14. The van der Waals surface area contributed by atoms with Crippen LogP contribution in [0.5, 0.6) is 0 Å². The first kappa shape index (κ1) is 17.3. The second kappa shape index (κ2) is 6.34. The predicted octanol–water partition coefficient (Wildman–Crippen LogP) is 1.43. The van der Waals surface area contributed by atoms with Crippen LogP contribution in [-0.4, -0.2) is 43.6 Å². The summed E-state index contributed by atoms with van der Waals surface area (Å²) >= 11 is 0. The van der Waals surface area contributed by atoms with Gasteiger partial charge in [-0.15, -0.1) is 0 Å². The normalized spacial score (nSPS) is 13.2. The molecule has 1 rings (SSSR count). The Hall–Kier alpha value is -1.76. The van der Waals surface area contributed by atoms with Crippen LogP contribution in [0.4, 0.5) is 5.69 Å². The Morgan fingerprint density at radius 2 is 1.81 bits per heavy atom. The summed E-state index contributed by atoms with van der Waals surface area (Å²) < 4.78 is 23.4. The van der Waals surface area contributed by atoms with Gasteiger partial charge in [-0.2, -0.15) is 0 Å². The predicted molar refractivity (Wildman–Crippen MR) is 85.8 cm³/mol. The summed E-state index contributed by atoms with van der Waals surface area (Å²) in [6.07, 6.45) is 0. The molecule has 0 amide bonds. The fourth-order valence-electron chi connectivity index (χ4n) is 1.64. The minimum absolute atomic E-state index is 0.0412. The molecule has 0 aromatic heterocycles. The van der Waals surface area contributed by atoms with Gasteiger partial charge >= 0.3 is 0 Å². The molecule has 0 spiro atoms. The monoisotopic (exact) mass is 313 g/mol. The summed E-state index contributed by atoms with van der Waals surface area (Å²) in [5.41, 5.74) is 6.97. The van der Waals surface area contributed by atoms with Gasteiger partial charge in [0.25, 0.3) is 0 Å². The molecule has 6 nitrogen and oxygen atoms in total. The average Bonchev–Trinajstić information content (AvgIpc) is 2.43. The van der Waals surface area contributed by atoms with Crippen molar-refractivity contribution in [3.8, 4) is 0 Å². The van der Waals surface area contributed by atoms with Crippen molar-refractivity contribution in [2.24, 2.45) is 10.9 Å². The number of nitrogens with zero attached hydrogens (tertiary/aromatic N) is 2. The zero-order valence-electron chi connectivity index (χ0n) is 12.9. The van der Waals surface area contributed by atoms with E-state index in [1.54, 1.807) is 45.0 Å². The molecule has 21 heavy (non-hydrogen) atoms. The Labute approximate surface area is 126 Å². The lowest BCUT2D eigenvalue weighted by atomic mass is 10.2. The number of hydrogen-bond donors (Lipinski definition) is 2. The third kappa shape index (κ3) is 4.35. The van der Waals surface area contributed by atoms with Gasteiger partial charge in [-0.05, 0) is 45.0 Å². The standard InChI is InChI=1S/C14H23N3O3S/c1-14(2,3)21(19,20)10-9-17(4)12-7-5-11(6-8-12)13(15)16-18/h5-8,18H,9-10H2,1-4H3,(H2,15,16). The molecule has 3 N–H and O–H groups in total. The van der Waals surface area contributed by atoms with Crippen molar-refractivity contribution >= 4 is 21.4 Å². The summed E-state index contributed by atoms with van der Waals surface area (Å²) in [4.78, 5) is 1.86. The van der Waals surface area contributed by atoms with Gasteiger partial charge in [0, 0.05) is 24.8 Å². The van der Waals surface area contributed by atoms with Crippen LogP contribution < -0.4 is 10.6 Å². The fourth-order valence-corrected chi connectivity index (χ4v) is 2.76. The Bertz CT molecular complexity index is 601. The van der Waals surface area contributed by atoms with Crippen molar-refractivity contribution in [2.75, 3.05) is 24.2 Å². The Kier molecular flexibility index (Phi) is 5.22. The van der Waals surface area contributed by atoms with Crippen molar-refractivity contribution in [2.45, 2.75) is 25.5 Å². The van der Waals surface area contributed by atoms with Gasteiger partial charge in [0.1, 0.15) is 0 Å². The minimum Gasteiger partial charge on any atom is -0.409 e. The summed E-state index contributed by atoms with van der Waals surface area (Å²) in [6.45, 7) is 5.51. The van der Waals surface area contributed by atoms with Crippen molar-refractivity contribution < 1.29 is 13.6 Å². The molecule has 0 atom stereocenters. The lowest BCUT2D eigenvalue weighted by Crippen LogP contribution is -2.35. The highest BCUT2D eigenvalue weighted by Gasteiger charge is 2.28. The van der Waals surface area contributed by atoms with E-state index in [9.17, 15) is 8.42 Å². The van der Waals surface area contributed by atoms with Gasteiger partial charge in [0.05, 0.1) is 10.5 Å². The lowest BCUT2D eigenvalue weighted by molar-refractivity contribution is 0.318. The number of anilines is 1. The Morgan fingerprint density at radius 3 is 2.24 bits per heavy atom. The molecule has 1 aromatic carbocycles. The third-order valence-electron chi connectivity index (χ3n) is 3.34. The number of sulfone groups is 1. The molecule has 0 unspecified atom stereocenters. The van der Waals surface area contributed by atoms with Crippen LogP contribution in [0.2, 0.25) is 0 Å². The van der Waals surface area contributed by atoms with E-state index in [0.717, 1.165) is 5.69 Å². The third-order valence-corrected chi connectivity index (χ3v) is 5.93. The first-order valence-corrected chi connectivity index (χ1v) is 8.25. The van der Waals surface area contributed by atoms with Crippen LogP contribution in [0.1, 0.15) is 26.3 Å². The molecule has 0 radical (unpaired) electrons. The van der Waals surface area contributed by atoms with E-state index in [1.807, 2.05) is 11.9 Å². The fraction of sp³-hybridized carbons (Fsp3) is 0.500. The number of oxime groups is 1. The topological polar surface area (TPSA) is 96.0 Å². The quantitative estimate of drug-likeness (QED) is 0.371. The summed E-state index contributed by atoms with van der Waals surface area (Å²) in [7, 11) is -1.31. The summed E-state index contributed by atoms with van der Waals surface area (Å²) in [5, 5.41) is 11.5. The zero-order valence-corrected chi connectivity index (χ0v) is 13.7. The molecule has 118 valence electrons. The number of hydrogen-bond acceptors (Lipinski definition) is 5. The summed E-state index contributed by atoms with van der Waals surface area (Å²) in [6, 6.07) is 7.05. The Morgan fingerprint density at radius 1 is 1.29 bits per heavy atom. The molecule has 0 heterocycles. The van der Waals surface area contributed by atoms with E-state index in [4.69, 9.17) is 10.9 Å². The van der Waals surface area contributed by atoms with Gasteiger partial charge in [-0.3, -0.25) is 0 Å². The SMILES string of the molecule is CN(CCS(=O)(=O)C(C)(C)C)c1ccc(/C(N)=N/O)cc1. The number of nitrogens with two attached hydrogens (primary N) is 1. The average molecular weight is 313 g/mol. The van der Waals surface area contributed by atoms with E-state index in [1.165, 1.54) is 0 Å². The molecular weight excluding hydrogens is 290 g/mol. The van der Waals surface area contributed by atoms with Crippen LogP contribution in [0.15, 0.2) is 29.4 Å². The molecule has 0 fully saturated rings. The molecule has 0 saturated heterocycles. The number of amidine groups is 1. The van der Waals surface area contributed by atoms with E-state index in [2.05, 4.69) is 5.16 Å². The van der Waals surface area contributed by atoms with Crippen molar-refractivity contribution in [3.63, 3.8) is 0 Å². The maximum absolute atomic E-state index is 12.1. The zero-order chi connectivity index (χ0) is 16.3. The van der Waals surface area contributed by atoms with E-state index < -0.39 is 14.6 Å². The summed E-state index contributed by atoms with van der Waals surface area (Å²) in [5.74, 6) is 0.133. The number of benzene rings is 1. The highest BCUT2D eigenvalue weighted by atomic mass is 32.2. The van der Waals surface area contributed by atoms with Crippen molar-refractivity contribution in [3.05, 3.63) is 29.8 Å². The van der Waals surface area contributed by atoms with Crippen LogP contribution in [0, 0.1) is 0 Å². The molecule has 1 aromatic rings. The molecule has 0 aliphatic heterocycles. The van der Waals surface area contributed by atoms with Gasteiger partial charge in [0.2, 0.25) is 0 Å². The Balaban J connectivity index is 2.75. The molecule has 7 heteroatoms. The first-order chi connectivity index (χ1) is 9.58. The van der Waals surface area contributed by atoms with Crippen molar-refractivity contribution in [1.82, 2.24) is 0 Å². The van der Waals surface area contributed by atoms with E-state index in [0.29, 0.717) is 12.1 Å². The maximum atomic E-state index is 12.1. The maximum Gasteiger partial charge on any atom is 0.170 e. The number of rotatable bonds is 5. The van der Waals surface area contributed by atoms with Gasteiger partial charge < -0.3 is 15.8 Å². The van der Waals surface area contributed by atoms with Crippen molar-refractivity contribution in [1.29, 1.82) is 0 Å². The highest BCUT2D eigenvalue weighted by molar-refractivity contribution is 7.92. The van der Waals surface area contributed by atoms with Gasteiger partial charge in [-0.25, -0.2) is 8.42 Å². The second-order valence-electron chi connectivity index (χ2n) is 5.88. The van der Waals surface area contributed by atoms with Crippen LogP contribution in [-0.2, 0) is 9.84 Å². The van der Waals surface area contributed by atoms with E-state index >= 15 is 0 Å². The first-order valence-electron chi connectivity index (χ1n) is 6.60. The van der Waals surface area contributed by atoms with Crippen LogP contribution >= 0.6 is 0 Å². The largest absolute Gasteiger partial charge is 0.409 e. The van der Waals surface area contributed by atoms with Gasteiger partial charge in [-0.1, -0.05) is 5.16 Å². The molecule has 0 bridgehead atoms. The smallest absolute Gasteiger partial charge is 0.170 e. The second-order valence-corrected chi connectivity index (χ2v) is 8.75. The molecule has 0 aliphatic carbocycles. The van der Waals surface area contributed by atoms with Gasteiger partial charge in [0.15, 0.2) is 15.7 Å². The van der Waals surface area contributed by atoms with Crippen LogP contribution in [0.25, 0.3) is 0 Å². The van der Waals surface area contributed by atoms with E-state index in [-0.39, 0.29) is 11.6 Å². The molecular formula is C14H23N3O3S. The highest BCUT2D eigenvalue weighted by Crippen LogP contribution is 2.18.